The van der Waals surface area contributed by atoms with Gasteiger partial charge in [0, 0.05) is 6.07 Å². The van der Waals surface area contributed by atoms with Crippen molar-refractivity contribution < 1.29 is 19.1 Å². The Bertz CT molecular complexity index is 464. The summed E-state index contributed by atoms with van der Waals surface area (Å²) in [6.07, 6.45) is 0. The molecule has 0 saturated heterocycles. The van der Waals surface area contributed by atoms with E-state index < -0.39 is 0 Å². The fraction of sp³-hybridized carbons (Fsp3) is 0.250. The largest absolute Gasteiger partial charge is 0.497 e. The highest BCUT2D eigenvalue weighted by molar-refractivity contribution is 5.27. The Morgan fingerprint density at radius 3 is 2.65 bits per heavy atom. The second kappa shape index (κ2) is 5.36. The van der Waals surface area contributed by atoms with E-state index in [0.29, 0.717) is 18.2 Å². The van der Waals surface area contributed by atoms with Crippen LogP contribution in [0.4, 0.5) is 0 Å². The second-order valence-electron chi connectivity index (χ2n) is 3.43. The maximum absolute atomic E-state index is 8.79. The number of nitrogens with zero attached hydrogens (tertiary/aromatic N) is 1. The summed E-state index contributed by atoms with van der Waals surface area (Å²) < 4.78 is 15.2. The lowest BCUT2D eigenvalue weighted by Gasteiger charge is -2.03. The van der Waals surface area contributed by atoms with Crippen LogP contribution in [0.15, 0.2) is 34.9 Å². The Kier molecular flexibility index (Phi) is 3.62. The monoisotopic (exact) mass is 235 g/mol. The van der Waals surface area contributed by atoms with Crippen LogP contribution >= 0.6 is 0 Å². The Morgan fingerprint density at radius 2 is 2.06 bits per heavy atom. The van der Waals surface area contributed by atoms with Crippen LogP contribution in [0, 0.1) is 0 Å². The number of hydrogen-bond acceptors (Lipinski definition) is 5. The maximum atomic E-state index is 8.79. The zero-order chi connectivity index (χ0) is 12.1. The van der Waals surface area contributed by atoms with Gasteiger partial charge in [-0.3, -0.25) is 0 Å². The molecule has 2 aromatic rings. The van der Waals surface area contributed by atoms with Crippen molar-refractivity contribution in [3.8, 4) is 11.6 Å². The quantitative estimate of drug-likeness (QED) is 0.855. The summed E-state index contributed by atoms with van der Waals surface area (Å²) in [6, 6.07) is 9.10. The molecule has 0 aliphatic carbocycles. The zero-order valence-corrected chi connectivity index (χ0v) is 9.42. The van der Waals surface area contributed by atoms with Crippen LogP contribution < -0.4 is 9.47 Å². The van der Waals surface area contributed by atoms with Gasteiger partial charge in [0.1, 0.15) is 19.0 Å². The molecule has 5 nitrogen and oxygen atoms in total. The van der Waals surface area contributed by atoms with E-state index >= 15 is 0 Å². The van der Waals surface area contributed by atoms with Crippen LogP contribution in [0.2, 0.25) is 0 Å². The Morgan fingerprint density at radius 1 is 1.29 bits per heavy atom. The zero-order valence-electron chi connectivity index (χ0n) is 9.42. The summed E-state index contributed by atoms with van der Waals surface area (Å²) >= 11 is 0. The summed E-state index contributed by atoms with van der Waals surface area (Å²) in [5.74, 6) is 1.55. The Balaban J connectivity index is 1.92. The number of ether oxygens (including phenoxy) is 2. The highest BCUT2D eigenvalue weighted by atomic mass is 16.5. The average Bonchev–Trinajstić information content (AvgIpc) is 2.85. The molecular weight excluding hydrogens is 222 g/mol. The van der Waals surface area contributed by atoms with Gasteiger partial charge in [-0.1, -0.05) is 12.1 Å². The molecular formula is C12H13NO4. The van der Waals surface area contributed by atoms with Crippen LogP contribution in [0.1, 0.15) is 11.3 Å². The maximum Gasteiger partial charge on any atom is 0.254 e. The van der Waals surface area contributed by atoms with Gasteiger partial charge in [-0.15, -0.1) is 0 Å². The van der Waals surface area contributed by atoms with E-state index in [4.69, 9.17) is 19.1 Å². The lowest BCUT2D eigenvalue weighted by atomic mass is 10.2. The molecule has 5 heteroatoms. The van der Waals surface area contributed by atoms with Crippen molar-refractivity contribution >= 4 is 0 Å². The molecule has 1 N–H and O–H groups in total. The predicted octanol–water partition coefficient (Wildman–Crippen LogP) is 1.75. The van der Waals surface area contributed by atoms with Gasteiger partial charge in [0.15, 0.2) is 5.76 Å². The minimum Gasteiger partial charge on any atom is -0.497 e. The van der Waals surface area contributed by atoms with Crippen LogP contribution in [0.5, 0.6) is 11.6 Å². The molecule has 0 saturated carbocycles. The van der Waals surface area contributed by atoms with Gasteiger partial charge in [-0.25, -0.2) is 0 Å². The molecule has 0 amide bonds. The minimum atomic E-state index is -0.182. The summed E-state index contributed by atoms with van der Waals surface area (Å²) in [6.45, 7) is 0.209. The molecule has 0 unspecified atom stereocenters. The fourth-order valence-electron chi connectivity index (χ4n) is 1.32. The summed E-state index contributed by atoms with van der Waals surface area (Å²) in [7, 11) is 1.62. The summed E-state index contributed by atoms with van der Waals surface area (Å²) in [5, 5.41) is 12.4. The number of aliphatic hydroxyl groups excluding tert-OH is 1. The molecule has 1 aromatic carbocycles. The minimum absolute atomic E-state index is 0.182. The van der Waals surface area contributed by atoms with E-state index in [2.05, 4.69) is 5.16 Å². The molecule has 0 atom stereocenters. The van der Waals surface area contributed by atoms with Gasteiger partial charge in [-0.05, 0) is 22.9 Å². The number of rotatable bonds is 5. The molecule has 90 valence electrons. The molecule has 0 aliphatic heterocycles. The van der Waals surface area contributed by atoms with Crippen molar-refractivity contribution in [2.24, 2.45) is 0 Å². The van der Waals surface area contributed by atoms with Gasteiger partial charge >= 0.3 is 0 Å². The predicted molar refractivity (Wildman–Crippen MR) is 59.8 cm³/mol. The second-order valence-corrected chi connectivity index (χ2v) is 3.43. The third-order valence-electron chi connectivity index (χ3n) is 2.24. The van der Waals surface area contributed by atoms with E-state index in [9.17, 15) is 0 Å². The molecule has 0 bridgehead atoms. The lowest BCUT2D eigenvalue weighted by molar-refractivity contribution is 0.221. The summed E-state index contributed by atoms with van der Waals surface area (Å²) in [5.41, 5.74) is 0.999. The Labute approximate surface area is 98.6 Å². The molecule has 2 rings (SSSR count). The first-order valence-corrected chi connectivity index (χ1v) is 5.14. The molecule has 0 radical (unpaired) electrons. The third-order valence-corrected chi connectivity index (χ3v) is 2.24. The van der Waals surface area contributed by atoms with Gasteiger partial charge in [-0.2, -0.15) is 0 Å². The van der Waals surface area contributed by atoms with E-state index in [0.717, 1.165) is 11.3 Å². The fourth-order valence-corrected chi connectivity index (χ4v) is 1.32. The number of benzene rings is 1. The third kappa shape index (κ3) is 2.98. The highest BCUT2D eigenvalue weighted by Crippen LogP contribution is 2.15. The number of aromatic nitrogens is 1. The molecule has 1 aromatic heterocycles. The van der Waals surface area contributed by atoms with Gasteiger partial charge in [0.2, 0.25) is 0 Å². The molecule has 0 spiro atoms. The first-order chi connectivity index (χ1) is 8.31. The topological polar surface area (TPSA) is 64.7 Å². The average molecular weight is 235 g/mol. The SMILES string of the molecule is COc1ccc(COc2cc(CO)on2)cc1. The number of hydrogen-bond donors (Lipinski definition) is 1. The summed E-state index contributed by atoms with van der Waals surface area (Å²) in [4.78, 5) is 0. The molecule has 0 aliphatic rings. The molecule has 0 fully saturated rings. The van der Waals surface area contributed by atoms with Crippen molar-refractivity contribution in [3.63, 3.8) is 0 Å². The lowest BCUT2D eigenvalue weighted by Crippen LogP contribution is -1.95. The van der Waals surface area contributed by atoms with Crippen molar-refractivity contribution in [3.05, 3.63) is 41.7 Å². The molecule has 17 heavy (non-hydrogen) atoms. The molecule has 1 heterocycles. The smallest absolute Gasteiger partial charge is 0.254 e. The van der Waals surface area contributed by atoms with E-state index in [-0.39, 0.29) is 6.61 Å². The first kappa shape index (κ1) is 11.5. The van der Waals surface area contributed by atoms with Gasteiger partial charge < -0.3 is 19.1 Å². The highest BCUT2D eigenvalue weighted by Gasteiger charge is 2.04. The normalized spacial score (nSPS) is 10.2. The van der Waals surface area contributed by atoms with Gasteiger partial charge in [0.25, 0.3) is 5.88 Å². The first-order valence-electron chi connectivity index (χ1n) is 5.14. The van der Waals surface area contributed by atoms with E-state index in [1.54, 1.807) is 13.2 Å². The standard InChI is InChI=1S/C12H13NO4/c1-15-10-4-2-9(3-5-10)8-16-12-6-11(7-14)17-13-12/h2-6,14H,7-8H2,1H3. The van der Waals surface area contributed by atoms with E-state index in [1.165, 1.54) is 0 Å². The van der Waals surface area contributed by atoms with E-state index in [1.807, 2.05) is 24.3 Å². The number of aliphatic hydroxyl groups is 1. The van der Waals surface area contributed by atoms with Crippen molar-refractivity contribution in [1.29, 1.82) is 0 Å². The van der Waals surface area contributed by atoms with Crippen LogP contribution in [0.3, 0.4) is 0 Å². The van der Waals surface area contributed by atoms with Crippen molar-refractivity contribution in [2.75, 3.05) is 7.11 Å². The van der Waals surface area contributed by atoms with Crippen LogP contribution in [-0.4, -0.2) is 17.4 Å². The number of methoxy groups -OCH3 is 1. The van der Waals surface area contributed by atoms with Crippen LogP contribution in [-0.2, 0) is 13.2 Å². The van der Waals surface area contributed by atoms with Crippen molar-refractivity contribution in [1.82, 2.24) is 5.16 Å². The van der Waals surface area contributed by atoms with Crippen LogP contribution in [0.25, 0.3) is 0 Å². The van der Waals surface area contributed by atoms with Crippen molar-refractivity contribution in [2.45, 2.75) is 13.2 Å². The van der Waals surface area contributed by atoms with Gasteiger partial charge in [0.05, 0.1) is 7.11 Å². The Hall–Kier alpha value is -2.01.